The van der Waals surface area contributed by atoms with E-state index < -0.39 is 0 Å². The molecule has 7 heteroatoms. The molecule has 0 spiro atoms. The highest BCUT2D eigenvalue weighted by Gasteiger charge is 2.09. The van der Waals surface area contributed by atoms with Gasteiger partial charge in [0.25, 0.3) is 0 Å². The lowest BCUT2D eigenvalue weighted by Gasteiger charge is -2.14. The van der Waals surface area contributed by atoms with Crippen LogP contribution in [0.4, 0.5) is 0 Å². The quantitative estimate of drug-likeness (QED) is 0.133. The first kappa shape index (κ1) is 28.9. The summed E-state index contributed by atoms with van der Waals surface area (Å²) in [6.45, 7) is 10.8. The first-order valence-electron chi connectivity index (χ1n) is 12.1. The Morgan fingerprint density at radius 2 is 1.71 bits per heavy atom. The van der Waals surface area contributed by atoms with E-state index in [0.29, 0.717) is 12.4 Å². The minimum absolute atomic E-state index is 0.0625. The van der Waals surface area contributed by atoms with E-state index in [9.17, 15) is 5.11 Å². The van der Waals surface area contributed by atoms with Gasteiger partial charge in [0.05, 0.1) is 18.0 Å². The number of rotatable bonds is 12. The van der Waals surface area contributed by atoms with Crippen LogP contribution in [0.3, 0.4) is 0 Å². The third kappa shape index (κ3) is 9.00. The molecule has 34 heavy (non-hydrogen) atoms. The van der Waals surface area contributed by atoms with Crippen LogP contribution in [-0.4, -0.2) is 23.3 Å². The minimum Gasteiger partial charge on any atom is -0.390 e. The molecule has 2 aromatic rings. The van der Waals surface area contributed by atoms with Gasteiger partial charge >= 0.3 is 0 Å². The van der Waals surface area contributed by atoms with E-state index in [1.165, 1.54) is 0 Å². The summed E-state index contributed by atoms with van der Waals surface area (Å²) in [4.78, 5) is 4.75. The molecule has 2 rings (SSSR count). The second kappa shape index (κ2) is 16.5. The largest absolute Gasteiger partial charge is 0.390 e. The van der Waals surface area contributed by atoms with Gasteiger partial charge in [-0.05, 0) is 42.9 Å². The number of aliphatic hydroxyl groups excluding tert-OH is 1. The number of hydrogen-bond acceptors (Lipinski definition) is 6. The van der Waals surface area contributed by atoms with E-state index in [1.54, 1.807) is 0 Å². The van der Waals surface area contributed by atoms with Crippen molar-refractivity contribution in [2.45, 2.75) is 66.8 Å². The molecular formula is C27H42N6O. The zero-order valence-corrected chi connectivity index (χ0v) is 21.4. The molecule has 0 bridgehead atoms. The predicted octanol–water partition coefficient (Wildman–Crippen LogP) is 4.82. The molecule has 0 aliphatic rings. The number of allylic oxidation sites excluding steroid dienone is 1. The van der Waals surface area contributed by atoms with Crippen molar-refractivity contribution < 1.29 is 5.11 Å². The normalized spacial score (nSPS) is 12.4. The van der Waals surface area contributed by atoms with E-state index in [1.807, 2.05) is 38.1 Å². The van der Waals surface area contributed by atoms with Crippen LogP contribution >= 0.6 is 0 Å². The van der Waals surface area contributed by atoms with Gasteiger partial charge in [-0.15, -0.1) is 5.10 Å². The third-order valence-corrected chi connectivity index (χ3v) is 5.22. The second-order valence-electron chi connectivity index (χ2n) is 7.61. The van der Waals surface area contributed by atoms with Gasteiger partial charge < -0.3 is 16.2 Å². The zero-order valence-electron chi connectivity index (χ0n) is 21.4. The van der Waals surface area contributed by atoms with Gasteiger partial charge in [0, 0.05) is 17.8 Å². The predicted molar refractivity (Wildman–Crippen MR) is 145 cm³/mol. The summed E-state index contributed by atoms with van der Waals surface area (Å²) < 4.78 is 0. The Labute approximate surface area is 205 Å². The fourth-order valence-electron chi connectivity index (χ4n) is 3.43. The number of nitrogens with two attached hydrogens (primary N) is 2. The smallest absolute Gasteiger partial charge is 0.152 e. The van der Waals surface area contributed by atoms with Gasteiger partial charge in [0.2, 0.25) is 0 Å². The SMILES string of the molecule is CC.CCCCC(C)=N/C(CC)=C(/CO)NCc1ccc(-c2ccccc2/C(N)=N/NN)cc1. The first-order chi connectivity index (χ1) is 16.5. The molecule has 0 radical (unpaired) electrons. The fourth-order valence-corrected chi connectivity index (χ4v) is 3.43. The molecule has 7 N–H and O–H groups in total. The molecule has 0 aliphatic carbocycles. The molecule has 0 amide bonds. The van der Waals surface area contributed by atoms with Crippen LogP contribution in [0.25, 0.3) is 11.1 Å². The van der Waals surface area contributed by atoms with Crippen molar-refractivity contribution in [3.8, 4) is 11.1 Å². The number of benzene rings is 2. The number of hydrazine groups is 1. The van der Waals surface area contributed by atoms with Crippen LogP contribution in [0.1, 0.15) is 71.4 Å². The summed E-state index contributed by atoms with van der Waals surface area (Å²) in [7, 11) is 0. The highest BCUT2D eigenvalue weighted by Crippen LogP contribution is 2.24. The van der Waals surface area contributed by atoms with Crippen LogP contribution in [0.15, 0.2) is 70.0 Å². The zero-order chi connectivity index (χ0) is 25.3. The summed E-state index contributed by atoms with van der Waals surface area (Å²) in [5, 5.41) is 17.1. The van der Waals surface area contributed by atoms with Crippen LogP contribution in [-0.2, 0) is 6.54 Å². The van der Waals surface area contributed by atoms with E-state index in [-0.39, 0.29) is 6.61 Å². The van der Waals surface area contributed by atoms with Gasteiger partial charge in [0.1, 0.15) is 0 Å². The Kier molecular flexibility index (Phi) is 14.0. The summed E-state index contributed by atoms with van der Waals surface area (Å²) in [5.41, 5.74) is 15.0. The van der Waals surface area contributed by atoms with Gasteiger partial charge in [-0.1, -0.05) is 82.6 Å². The molecule has 0 atom stereocenters. The van der Waals surface area contributed by atoms with Gasteiger partial charge in [-0.25, -0.2) is 11.4 Å². The van der Waals surface area contributed by atoms with Crippen LogP contribution < -0.4 is 22.4 Å². The van der Waals surface area contributed by atoms with E-state index >= 15 is 0 Å². The van der Waals surface area contributed by atoms with E-state index in [0.717, 1.165) is 65.0 Å². The monoisotopic (exact) mass is 466 g/mol. The molecule has 0 heterocycles. The minimum atomic E-state index is -0.0625. The van der Waals surface area contributed by atoms with E-state index in [2.05, 4.69) is 61.0 Å². The van der Waals surface area contributed by atoms with Gasteiger partial charge in [-0.3, -0.25) is 4.99 Å². The number of aliphatic imine (C=N–C) groups is 1. The number of hydrazone groups is 1. The lowest BCUT2D eigenvalue weighted by atomic mass is 9.98. The third-order valence-electron chi connectivity index (χ3n) is 5.22. The Hall–Kier alpha value is -3.16. The maximum absolute atomic E-state index is 9.89. The Morgan fingerprint density at radius 1 is 1.03 bits per heavy atom. The molecular weight excluding hydrogens is 424 g/mol. The lowest BCUT2D eigenvalue weighted by molar-refractivity contribution is 0.319. The van der Waals surface area contributed by atoms with Crippen molar-refractivity contribution in [3.05, 3.63) is 71.1 Å². The number of aliphatic hydroxyl groups is 1. The number of unbranched alkanes of at least 4 members (excludes halogenated alkanes) is 1. The molecule has 2 aromatic carbocycles. The number of hydrogen-bond donors (Lipinski definition) is 5. The molecule has 7 nitrogen and oxygen atoms in total. The molecule has 0 fully saturated rings. The molecule has 186 valence electrons. The maximum atomic E-state index is 9.89. The van der Waals surface area contributed by atoms with E-state index in [4.69, 9.17) is 16.6 Å². The first-order valence-corrected chi connectivity index (χ1v) is 12.1. The van der Waals surface area contributed by atoms with Crippen molar-refractivity contribution in [2.24, 2.45) is 21.7 Å². The molecule has 0 unspecified atom stereocenters. The van der Waals surface area contributed by atoms with Crippen molar-refractivity contribution in [2.75, 3.05) is 6.61 Å². The molecule has 0 aliphatic heterocycles. The fraction of sp³-hybridized carbons (Fsp3) is 0.407. The number of nitrogens with zero attached hydrogens (tertiary/aromatic N) is 2. The van der Waals surface area contributed by atoms with Crippen LogP contribution in [0.2, 0.25) is 0 Å². The summed E-state index contributed by atoms with van der Waals surface area (Å²) in [6.07, 6.45) is 4.03. The second-order valence-corrected chi connectivity index (χ2v) is 7.61. The number of nitrogens with one attached hydrogen (secondary N) is 2. The van der Waals surface area contributed by atoms with Gasteiger partial charge in [-0.2, -0.15) is 0 Å². The maximum Gasteiger partial charge on any atom is 0.152 e. The average Bonchev–Trinajstić information content (AvgIpc) is 2.88. The summed E-state index contributed by atoms with van der Waals surface area (Å²) in [6, 6.07) is 16.0. The molecule has 0 aromatic heterocycles. The number of amidine groups is 1. The average molecular weight is 467 g/mol. The van der Waals surface area contributed by atoms with Crippen molar-refractivity contribution in [1.82, 2.24) is 10.9 Å². The lowest BCUT2D eigenvalue weighted by Crippen LogP contribution is -2.23. The standard InChI is InChI=1S/C25H36N6O.C2H6/c1-4-6-9-18(3)29-23(5-2)24(17-32)28-16-19-12-14-20(15-13-19)21-10-7-8-11-22(21)25(26)30-31-27;1-2/h7-8,10-15,28,31-32H,4-6,9,16-17,27H2,1-3H3,(H2,26,30);1-2H3/b24-23-,29-18?;. The summed E-state index contributed by atoms with van der Waals surface area (Å²) in [5.74, 6) is 5.60. The van der Waals surface area contributed by atoms with Crippen LogP contribution in [0, 0.1) is 0 Å². The topological polar surface area (TPSA) is 121 Å². The Balaban J connectivity index is 0.00000281. The Bertz CT molecular complexity index is 948. The highest BCUT2D eigenvalue weighted by molar-refractivity contribution is 6.03. The Morgan fingerprint density at radius 3 is 2.29 bits per heavy atom. The highest BCUT2D eigenvalue weighted by atomic mass is 16.3. The van der Waals surface area contributed by atoms with Crippen molar-refractivity contribution in [3.63, 3.8) is 0 Å². The van der Waals surface area contributed by atoms with Crippen molar-refractivity contribution in [1.29, 1.82) is 0 Å². The molecule has 0 saturated heterocycles. The van der Waals surface area contributed by atoms with Crippen molar-refractivity contribution >= 4 is 11.5 Å². The molecule has 0 saturated carbocycles. The van der Waals surface area contributed by atoms with Crippen LogP contribution in [0.5, 0.6) is 0 Å². The van der Waals surface area contributed by atoms with Gasteiger partial charge in [0.15, 0.2) is 5.84 Å². The summed E-state index contributed by atoms with van der Waals surface area (Å²) >= 11 is 0.